The van der Waals surface area contributed by atoms with Crippen molar-refractivity contribution < 1.29 is 8.81 Å². The fraction of sp³-hybridized carbons (Fsp3) is 0.0625. The van der Waals surface area contributed by atoms with E-state index in [0.717, 1.165) is 16.8 Å². The summed E-state index contributed by atoms with van der Waals surface area (Å²) in [5.74, 6) is 0.227. The predicted molar refractivity (Wildman–Crippen MR) is 72.1 cm³/mol. The molecular formula is C16H12FNO. The second-order valence-electron chi connectivity index (χ2n) is 4.41. The molecule has 3 rings (SSSR count). The van der Waals surface area contributed by atoms with Gasteiger partial charge in [-0.1, -0.05) is 29.8 Å². The lowest BCUT2D eigenvalue weighted by atomic mass is 10.1. The molecule has 0 spiro atoms. The van der Waals surface area contributed by atoms with Crippen LogP contribution in [0.5, 0.6) is 0 Å². The van der Waals surface area contributed by atoms with Gasteiger partial charge in [-0.3, -0.25) is 0 Å². The van der Waals surface area contributed by atoms with E-state index in [-0.39, 0.29) is 5.82 Å². The minimum atomic E-state index is -0.269. The maximum Gasteiger partial charge on any atom is 0.226 e. The highest BCUT2D eigenvalue weighted by Gasteiger charge is 2.08. The third-order valence-corrected chi connectivity index (χ3v) is 2.94. The third-order valence-electron chi connectivity index (χ3n) is 2.94. The topological polar surface area (TPSA) is 26.0 Å². The van der Waals surface area contributed by atoms with Gasteiger partial charge in [0, 0.05) is 11.1 Å². The number of rotatable bonds is 2. The van der Waals surface area contributed by atoms with Gasteiger partial charge in [-0.15, -0.1) is 0 Å². The van der Waals surface area contributed by atoms with Crippen molar-refractivity contribution >= 4 is 0 Å². The van der Waals surface area contributed by atoms with E-state index in [1.54, 1.807) is 18.4 Å². The van der Waals surface area contributed by atoms with Crippen molar-refractivity contribution in [2.75, 3.05) is 0 Å². The molecule has 1 heterocycles. The van der Waals surface area contributed by atoms with Crippen molar-refractivity contribution in [3.63, 3.8) is 0 Å². The summed E-state index contributed by atoms with van der Waals surface area (Å²) in [5, 5.41) is 0. The molecule has 0 N–H and O–H groups in total. The number of aryl methyl sites for hydroxylation is 1. The largest absolute Gasteiger partial charge is 0.444 e. The SMILES string of the molecule is Cc1ccc(-c2coc(-c3ccc(F)cc3)n2)cc1. The second kappa shape index (κ2) is 4.69. The van der Waals surface area contributed by atoms with Crippen molar-refractivity contribution in [2.45, 2.75) is 6.92 Å². The molecule has 0 saturated carbocycles. The molecule has 0 radical (unpaired) electrons. The average Bonchev–Trinajstić information content (AvgIpc) is 2.90. The van der Waals surface area contributed by atoms with Crippen molar-refractivity contribution in [2.24, 2.45) is 0 Å². The van der Waals surface area contributed by atoms with Gasteiger partial charge in [-0.25, -0.2) is 9.37 Å². The van der Waals surface area contributed by atoms with E-state index in [2.05, 4.69) is 4.98 Å². The minimum absolute atomic E-state index is 0.269. The summed E-state index contributed by atoms with van der Waals surface area (Å²) in [7, 11) is 0. The van der Waals surface area contributed by atoms with Crippen LogP contribution in [0.15, 0.2) is 59.2 Å². The molecule has 3 aromatic rings. The van der Waals surface area contributed by atoms with E-state index in [1.807, 2.05) is 31.2 Å². The lowest BCUT2D eigenvalue weighted by molar-refractivity contribution is 0.574. The highest BCUT2D eigenvalue weighted by Crippen LogP contribution is 2.24. The van der Waals surface area contributed by atoms with Gasteiger partial charge >= 0.3 is 0 Å². The van der Waals surface area contributed by atoms with Crippen LogP contribution in [0.25, 0.3) is 22.7 Å². The standard InChI is InChI=1S/C16H12FNO/c1-11-2-4-12(5-3-11)15-10-19-16(18-15)13-6-8-14(17)9-7-13/h2-10H,1H3. The molecule has 94 valence electrons. The number of oxazole rings is 1. The van der Waals surface area contributed by atoms with E-state index in [1.165, 1.54) is 17.7 Å². The summed E-state index contributed by atoms with van der Waals surface area (Å²) in [6, 6.07) is 14.2. The fourth-order valence-corrected chi connectivity index (χ4v) is 1.86. The van der Waals surface area contributed by atoms with Crippen molar-refractivity contribution in [1.29, 1.82) is 0 Å². The highest BCUT2D eigenvalue weighted by atomic mass is 19.1. The summed E-state index contributed by atoms with van der Waals surface area (Å²) in [6.07, 6.45) is 1.61. The number of nitrogens with zero attached hydrogens (tertiary/aromatic N) is 1. The predicted octanol–water partition coefficient (Wildman–Crippen LogP) is 4.46. The van der Waals surface area contributed by atoms with Crippen LogP contribution >= 0.6 is 0 Å². The Kier molecular flexibility index (Phi) is 2.88. The minimum Gasteiger partial charge on any atom is -0.444 e. The molecule has 0 bridgehead atoms. The van der Waals surface area contributed by atoms with Gasteiger partial charge in [0.2, 0.25) is 5.89 Å². The van der Waals surface area contributed by atoms with Crippen molar-refractivity contribution in [3.05, 3.63) is 66.2 Å². The highest BCUT2D eigenvalue weighted by molar-refractivity contribution is 5.62. The van der Waals surface area contributed by atoms with Gasteiger partial charge in [0.25, 0.3) is 0 Å². The molecule has 1 aromatic heterocycles. The Bertz CT molecular complexity index is 624. The van der Waals surface area contributed by atoms with Crippen LogP contribution in [0.1, 0.15) is 5.56 Å². The van der Waals surface area contributed by atoms with Crippen LogP contribution in [-0.2, 0) is 0 Å². The van der Waals surface area contributed by atoms with Crippen LogP contribution in [-0.4, -0.2) is 4.98 Å². The summed E-state index contributed by atoms with van der Waals surface area (Å²) < 4.78 is 18.3. The molecule has 0 fully saturated rings. The molecule has 0 unspecified atom stereocenters. The van der Waals surface area contributed by atoms with E-state index in [4.69, 9.17) is 4.42 Å². The molecular weight excluding hydrogens is 241 g/mol. The molecule has 0 saturated heterocycles. The van der Waals surface area contributed by atoms with E-state index in [9.17, 15) is 4.39 Å². The second-order valence-corrected chi connectivity index (χ2v) is 4.41. The maximum absolute atomic E-state index is 12.9. The quantitative estimate of drug-likeness (QED) is 0.674. The van der Waals surface area contributed by atoms with E-state index >= 15 is 0 Å². The van der Waals surface area contributed by atoms with Crippen molar-refractivity contribution in [1.82, 2.24) is 4.98 Å². The summed E-state index contributed by atoms with van der Waals surface area (Å²) >= 11 is 0. The number of benzene rings is 2. The first-order chi connectivity index (χ1) is 9.22. The Balaban J connectivity index is 1.95. The third kappa shape index (κ3) is 2.40. The van der Waals surface area contributed by atoms with Crippen LogP contribution in [0, 0.1) is 12.7 Å². The number of aromatic nitrogens is 1. The first-order valence-electron chi connectivity index (χ1n) is 6.01. The van der Waals surface area contributed by atoms with Gasteiger partial charge in [0.15, 0.2) is 0 Å². The molecule has 19 heavy (non-hydrogen) atoms. The van der Waals surface area contributed by atoms with Crippen LogP contribution in [0.3, 0.4) is 0 Å². The smallest absolute Gasteiger partial charge is 0.226 e. The lowest BCUT2D eigenvalue weighted by Crippen LogP contribution is -1.81. The Morgan fingerprint density at radius 3 is 2.21 bits per heavy atom. The zero-order valence-electron chi connectivity index (χ0n) is 10.4. The van der Waals surface area contributed by atoms with Crippen molar-refractivity contribution in [3.8, 4) is 22.7 Å². The summed E-state index contributed by atoms with van der Waals surface area (Å²) in [6.45, 7) is 2.04. The van der Waals surface area contributed by atoms with Gasteiger partial charge in [-0.2, -0.15) is 0 Å². The molecule has 2 aromatic carbocycles. The first-order valence-corrected chi connectivity index (χ1v) is 6.01. The molecule has 3 heteroatoms. The van der Waals surface area contributed by atoms with Gasteiger partial charge in [0.05, 0.1) is 0 Å². The van der Waals surface area contributed by atoms with Crippen LogP contribution in [0.2, 0.25) is 0 Å². The van der Waals surface area contributed by atoms with Gasteiger partial charge in [-0.05, 0) is 31.2 Å². The normalized spacial score (nSPS) is 10.6. The first kappa shape index (κ1) is 11.7. The van der Waals surface area contributed by atoms with Crippen LogP contribution in [0.4, 0.5) is 4.39 Å². The number of hydrogen-bond acceptors (Lipinski definition) is 2. The fourth-order valence-electron chi connectivity index (χ4n) is 1.86. The van der Waals surface area contributed by atoms with Gasteiger partial charge in [0.1, 0.15) is 17.8 Å². The van der Waals surface area contributed by atoms with Crippen LogP contribution < -0.4 is 0 Å². The Hall–Kier alpha value is -2.42. The van der Waals surface area contributed by atoms with E-state index in [0.29, 0.717) is 5.89 Å². The summed E-state index contributed by atoms with van der Waals surface area (Å²) in [4.78, 5) is 4.42. The molecule has 0 amide bonds. The molecule has 0 atom stereocenters. The molecule has 0 aliphatic heterocycles. The molecule has 0 aliphatic rings. The van der Waals surface area contributed by atoms with Gasteiger partial charge < -0.3 is 4.42 Å². The van der Waals surface area contributed by atoms with E-state index < -0.39 is 0 Å². The lowest BCUT2D eigenvalue weighted by Gasteiger charge is -1.96. The Labute approximate surface area is 110 Å². The number of halogens is 1. The Morgan fingerprint density at radius 2 is 1.53 bits per heavy atom. The molecule has 2 nitrogen and oxygen atoms in total. The average molecular weight is 253 g/mol. The summed E-state index contributed by atoms with van der Waals surface area (Å²) in [5.41, 5.74) is 3.74. The monoisotopic (exact) mass is 253 g/mol. The Morgan fingerprint density at radius 1 is 0.895 bits per heavy atom. The maximum atomic E-state index is 12.9. The number of hydrogen-bond donors (Lipinski definition) is 0. The zero-order chi connectivity index (χ0) is 13.2. The zero-order valence-corrected chi connectivity index (χ0v) is 10.4. The molecule has 0 aliphatic carbocycles.